The van der Waals surface area contributed by atoms with E-state index in [1.807, 2.05) is 0 Å². The van der Waals surface area contributed by atoms with E-state index in [4.69, 9.17) is 0 Å². The van der Waals surface area contributed by atoms with Crippen molar-refractivity contribution in [3.8, 4) is 0 Å². The van der Waals surface area contributed by atoms with E-state index in [1.165, 1.54) is 0 Å². The zero-order valence-corrected chi connectivity index (χ0v) is 4.65. The number of hydrogen-bond acceptors (Lipinski definition) is 1. The third-order valence-corrected chi connectivity index (χ3v) is 0.732. The molecule has 0 fully saturated rings. The van der Waals surface area contributed by atoms with Gasteiger partial charge in [-0.2, -0.15) is 0 Å². The molecule has 0 saturated heterocycles. The minimum Gasteiger partial charge on any atom is -0.374 e. The average molecular weight is 172 g/mol. The SMILES string of the molecule is COCI. The molecule has 4 heavy (non-hydrogen) atoms. The van der Waals surface area contributed by atoms with Crippen molar-refractivity contribution in [2.75, 3.05) is 11.7 Å². The number of rotatable bonds is 1. The van der Waals surface area contributed by atoms with Gasteiger partial charge in [0, 0.05) is 7.11 Å². The molecule has 2 heteroatoms. The Morgan fingerprint density at radius 1 is 2.00 bits per heavy atom. The topological polar surface area (TPSA) is 9.23 Å². The first kappa shape index (κ1) is 4.69. The van der Waals surface area contributed by atoms with Crippen molar-refractivity contribution < 1.29 is 4.74 Å². The van der Waals surface area contributed by atoms with Gasteiger partial charge < -0.3 is 4.74 Å². The number of hydrogen-bond donors (Lipinski definition) is 0. The van der Waals surface area contributed by atoms with E-state index in [2.05, 4.69) is 27.3 Å². The van der Waals surface area contributed by atoms with Gasteiger partial charge in [0.2, 0.25) is 0 Å². The number of alkyl halides is 1. The zero-order chi connectivity index (χ0) is 3.41. The summed E-state index contributed by atoms with van der Waals surface area (Å²) in [6, 6.07) is 0. The standard InChI is InChI=1S/C2H5IO/c1-4-2-3/h2H2,1H3. The van der Waals surface area contributed by atoms with Crippen molar-refractivity contribution in [2.24, 2.45) is 0 Å². The Morgan fingerprint density at radius 2 is 2.25 bits per heavy atom. The Morgan fingerprint density at radius 3 is 2.25 bits per heavy atom. The minimum atomic E-state index is 0.789. The fraction of sp³-hybridized carbons (Fsp3) is 1.00. The Bertz CT molecular complexity index is 8.00. The van der Waals surface area contributed by atoms with E-state index < -0.39 is 0 Å². The molecule has 0 spiro atoms. The van der Waals surface area contributed by atoms with Gasteiger partial charge in [-0.05, 0) is 0 Å². The first-order valence-electron chi connectivity index (χ1n) is 0.964. The lowest BCUT2D eigenvalue weighted by Crippen LogP contribution is -1.67. The van der Waals surface area contributed by atoms with Crippen LogP contribution in [0.3, 0.4) is 0 Å². The normalized spacial score (nSPS) is 7.50. The highest BCUT2D eigenvalue weighted by Crippen LogP contribution is 1.74. The van der Waals surface area contributed by atoms with Gasteiger partial charge in [0.1, 0.15) is 0 Å². The molecule has 0 N–H and O–H groups in total. The molecule has 0 aliphatic carbocycles. The summed E-state index contributed by atoms with van der Waals surface area (Å²) in [5, 5.41) is 0. The van der Waals surface area contributed by atoms with Crippen molar-refractivity contribution in [2.45, 2.75) is 0 Å². The van der Waals surface area contributed by atoms with Crippen LogP contribution in [0.4, 0.5) is 0 Å². The lowest BCUT2D eigenvalue weighted by molar-refractivity contribution is 0.268. The molecule has 0 radical (unpaired) electrons. The summed E-state index contributed by atoms with van der Waals surface area (Å²) in [5.74, 6) is 0. The summed E-state index contributed by atoms with van der Waals surface area (Å²) in [4.78, 5) is 0. The summed E-state index contributed by atoms with van der Waals surface area (Å²) in [7, 11) is 1.67. The Kier molecular flexibility index (Phi) is 4.33. The van der Waals surface area contributed by atoms with E-state index in [1.54, 1.807) is 7.11 Å². The van der Waals surface area contributed by atoms with Crippen molar-refractivity contribution in [3.05, 3.63) is 0 Å². The molecular formula is C2H5IO. The number of halogens is 1. The molecule has 0 bridgehead atoms. The van der Waals surface area contributed by atoms with Crippen LogP contribution in [0.1, 0.15) is 0 Å². The summed E-state index contributed by atoms with van der Waals surface area (Å²) < 4.78 is 5.32. The molecule has 0 aromatic heterocycles. The van der Waals surface area contributed by atoms with Crippen LogP contribution < -0.4 is 0 Å². The van der Waals surface area contributed by atoms with E-state index in [0.717, 1.165) is 4.61 Å². The van der Waals surface area contributed by atoms with Crippen molar-refractivity contribution in [1.82, 2.24) is 0 Å². The fourth-order valence-electron chi connectivity index (χ4n) is 0. The number of methoxy groups -OCH3 is 1. The summed E-state index contributed by atoms with van der Waals surface area (Å²) in [6.45, 7) is 0. The maximum atomic E-state index is 4.53. The van der Waals surface area contributed by atoms with Crippen LogP contribution in [-0.2, 0) is 4.74 Å². The van der Waals surface area contributed by atoms with Crippen LogP contribution >= 0.6 is 22.6 Å². The zero-order valence-electron chi connectivity index (χ0n) is 2.49. The first-order valence-corrected chi connectivity index (χ1v) is 2.49. The Hall–Kier alpha value is 0.690. The third kappa shape index (κ3) is 2.69. The van der Waals surface area contributed by atoms with Crippen molar-refractivity contribution in [3.63, 3.8) is 0 Å². The lowest BCUT2D eigenvalue weighted by atomic mass is 11.6. The second-order valence-corrected chi connectivity index (χ2v) is 1.02. The highest BCUT2D eigenvalue weighted by atomic mass is 127. The molecular weight excluding hydrogens is 167 g/mol. The lowest BCUT2D eigenvalue weighted by Gasteiger charge is -1.74. The van der Waals surface area contributed by atoms with Gasteiger partial charge in [-0.1, -0.05) is 22.6 Å². The van der Waals surface area contributed by atoms with Crippen LogP contribution in [-0.4, -0.2) is 11.7 Å². The van der Waals surface area contributed by atoms with Gasteiger partial charge in [-0.15, -0.1) is 0 Å². The fourth-order valence-corrected chi connectivity index (χ4v) is 0. The van der Waals surface area contributed by atoms with Crippen LogP contribution in [0.25, 0.3) is 0 Å². The van der Waals surface area contributed by atoms with Gasteiger partial charge in [0.15, 0.2) is 0 Å². The first-order chi connectivity index (χ1) is 1.91. The van der Waals surface area contributed by atoms with E-state index in [-0.39, 0.29) is 0 Å². The van der Waals surface area contributed by atoms with E-state index in [9.17, 15) is 0 Å². The smallest absolute Gasteiger partial charge is 0.0975 e. The molecule has 0 atom stereocenters. The maximum Gasteiger partial charge on any atom is 0.0975 e. The molecule has 0 aliphatic heterocycles. The number of ether oxygens (including phenoxy) is 1. The van der Waals surface area contributed by atoms with Crippen LogP contribution in [0, 0.1) is 0 Å². The molecule has 0 aromatic carbocycles. The molecule has 26 valence electrons. The Labute approximate surface area is 39.5 Å². The minimum absolute atomic E-state index is 0.789. The molecule has 0 unspecified atom stereocenters. The summed E-state index contributed by atoms with van der Waals surface area (Å²) in [6.07, 6.45) is 0. The maximum absolute atomic E-state index is 4.53. The van der Waals surface area contributed by atoms with Crippen molar-refractivity contribution >= 4 is 22.6 Å². The molecule has 0 saturated carbocycles. The van der Waals surface area contributed by atoms with Crippen LogP contribution in [0.2, 0.25) is 0 Å². The van der Waals surface area contributed by atoms with E-state index >= 15 is 0 Å². The molecule has 0 aliphatic rings. The molecule has 0 rings (SSSR count). The summed E-state index contributed by atoms with van der Waals surface area (Å²) in [5.41, 5.74) is 0. The van der Waals surface area contributed by atoms with Crippen LogP contribution in [0.15, 0.2) is 0 Å². The Balaban J connectivity index is 1.97. The quantitative estimate of drug-likeness (QED) is 0.423. The highest BCUT2D eigenvalue weighted by molar-refractivity contribution is 14.1. The average Bonchev–Trinajstić information content (AvgIpc) is 1.37. The van der Waals surface area contributed by atoms with Gasteiger partial charge in [0.25, 0.3) is 0 Å². The monoisotopic (exact) mass is 172 g/mol. The predicted molar refractivity (Wildman–Crippen MR) is 25.9 cm³/mol. The molecule has 0 amide bonds. The second kappa shape index (κ2) is 3.69. The van der Waals surface area contributed by atoms with Gasteiger partial charge in [-0.3, -0.25) is 0 Å². The predicted octanol–water partition coefficient (Wildman–Crippen LogP) is 1.03. The molecule has 0 aromatic rings. The largest absolute Gasteiger partial charge is 0.374 e. The van der Waals surface area contributed by atoms with Gasteiger partial charge >= 0.3 is 0 Å². The van der Waals surface area contributed by atoms with Crippen molar-refractivity contribution in [1.29, 1.82) is 0 Å². The van der Waals surface area contributed by atoms with Gasteiger partial charge in [-0.25, -0.2) is 0 Å². The van der Waals surface area contributed by atoms with Crippen LogP contribution in [0.5, 0.6) is 0 Å². The second-order valence-electron chi connectivity index (χ2n) is 0.398. The molecule has 0 heterocycles. The van der Waals surface area contributed by atoms with E-state index in [0.29, 0.717) is 0 Å². The van der Waals surface area contributed by atoms with Gasteiger partial charge in [0.05, 0.1) is 4.61 Å². The molecule has 1 nitrogen and oxygen atoms in total. The third-order valence-electron chi connectivity index (χ3n) is 0.109. The highest BCUT2D eigenvalue weighted by Gasteiger charge is 1.53. The summed E-state index contributed by atoms with van der Waals surface area (Å²) >= 11 is 2.13.